The van der Waals surface area contributed by atoms with Gasteiger partial charge in [-0.3, -0.25) is 0 Å². The molecule has 1 aromatic rings. The smallest absolute Gasteiger partial charge is 0.216 e. The van der Waals surface area contributed by atoms with Gasteiger partial charge in [0.2, 0.25) is 10.0 Å². The number of benzene rings is 1. The molecule has 0 amide bonds. The van der Waals surface area contributed by atoms with Crippen molar-refractivity contribution in [3.05, 3.63) is 35.4 Å². The molecule has 0 aliphatic carbocycles. The summed E-state index contributed by atoms with van der Waals surface area (Å²) in [4.78, 5) is 0. The molecule has 19 heavy (non-hydrogen) atoms. The first kappa shape index (κ1) is 16.1. The summed E-state index contributed by atoms with van der Waals surface area (Å²) in [5, 5.41) is 3.06. The molecule has 2 N–H and O–H groups in total. The van der Waals surface area contributed by atoms with Crippen molar-refractivity contribution in [2.45, 2.75) is 45.0 Å². The summed E-state index contributed by atoms with van der Waals surface area (Å²) in [6.07, 6.45) is 1.63. The van der Waals surface area contributed by atoms with Gasteiger partial charge in [0, 0.05) is 12.6 Å². The fourth-order valence-corrected chi connectivity index (χ4v) is 3.48. The van der Waals surface area contributed by atoms with E-state index in [0.29, 0.717) is 0 Å². The van der Waals surface area contributed by atoms with Gasteiger partial charge in [0.15, 0.2) is 0 Å². The normalized spacial score (nSPS) is 12.0. The Bertz CT molecular complexity index is 465. The van der Waals surface area contributed by atoms with E-state index in [0.717, 1.165) is 30.5 Å². The fourth-order valence-electron chi connectivity index (χ4n) is 1.93. The average Bonchev–Trinajstić information content (AvgIpc) is 2.38. The van der Waals surface area contributed by atoms with Crippen LogP contribution in [-0.4, -0.2) is 21.5 Å². The van der Waals surface area contributed by atoms with Gasteiger partial charge in [0.1, 0.15) is 0 Å². The SMILES string of the molecule is CCC(CC)NS(=O)(=O)Cc1ccc(CNC)cc1. The van der Waals surface area contributed by atoms with Gasteiger partial charge in [-0.25, -0.2) is 13.1 Å². The van der Waals surface area contributed by atoms with Crippen LogP contribution in [0.25, 0.3) is 0 Å². The molecule has 0 aliphatic rings. The third-order valence-corrected chi connectivity index (χ3v) is 4.50. The van der Waals surface area contributed by atoms with Crippen LogP contribution in [0, 0.1) is 0 Å². The quantitative estimate of drug-likeness (QED) is 0.768. The van der Waals surface area contributed by atoms with Crippen molar-refractivity contribution in [3.8, 4) is 0 Å². The fraction of sp³-hybridized carbons (Fsp3) is 0.571. The van der Waals surface area contributed by atoms with E-state index < -0.39 is 10.0 Å². The van der Waals surface area contributed by atoms with Crippen molar-refractivity contribution >= 4 is 10.0 Å². The monoisotopic (exact) mass is 284 g/mol. The maximum absolute atomic E-state index is 12.0. The zero-order valence-electron chi connectivity index (χ0n) is 11.9. The van der Waals surface area contributed by atoms with Crippen LogP contribution in [0.3, 0.4) is 0 Å². The van der Waals surface area contributed by atoms with Crippen LogP contribution in [0.15, 0.2) is 24.3 Å². The molecule has 1 aromatic carbocycles. The summed E-state index contributed by atoms with van der Waals surface area (Å²) in [6, 6.07) is 7.70. The van der Waals surface area contributed by atoms with Crippen LogP contribution in [0.5, 0.6) is 0 Å². The first-order valence-electron chi connectivity index (χ1n) is 6.73. The molecule has 0 radical (unpaired) electrons. The van der Waals surface area contributed by atoms with Crippen LogP contribution in [0.1, 0.15) is 37.8 Å². The number of hydrogen-bond acceptors (Lipinski definition) is 3. The number of sulfonamides is 1. The zero-order chi connectivity index (χ0) is 14.3. The Kier molecular flexibility index (Phi) is 6.48. The molecule has 0 aliphatic heterocycles. The van der Waals surface area contributed by atoms with Crippen molar-refractivity contribution in [2.75, 3.05) is 7.05 Å². The summed E-state index contributed by atoms with van der Waals surface area (Å²) in [5.74, 6) is 0.0450. The minimum atomic E-state index is -3.25. The lowest BCUT2D eigenvalue weighted by Crippen LogP contribution is -2.34. The summed E-state index contributed by atoms with van der Waals surface area (Å²) in [5.41, 5.74) is 1.97. The third kappa shape index (κ3) is 5.72. The Morgan fingerprint density at radius 1 is 1.05 bits per heavy atom. The molecule has 108 valence electrons. The van der Waals surface area contributed by atoms with Crippen molar-refractivity contribution in [3.63, 3.8) is 0 Å². The van der Waals surface area contributed by atoms with Gasteiger partial charge in [-0.2, -0.15) is 0 Å². The highest BCUT2D eigenvalue weighted by atomic mass is 32.2. The van der Waals surface area contributed by atoms with Gasteiger partial charge < -0.3 is 5.32 Å². The maximum atomic E-state index is 12.0. The van der Waals surface area contributed by atoms with Crippen LogP contribution in [0.4, 0.5) is 0 Å². The topological polar surface area (TPSA) is 58.2 Å². The summed E-state index contributed by atoms with van der Waals surface area (Å²) >= 11 is 0. The van der Waals surface area contributed by atoms with Crippen LogP contribution in [0.2, 0.25) is 0 Å². The van der Waals surface area contributed by atoms with Crippen LogP contribution < -0.4 is 10.0 Å². The molecular weight excluding hydrogens is 260 g/mol. The lowest BCUT2D eigenvalue weighted by atomic mass is 10.1. The lowest BCUT2D eigenvalue weighted by Gasteiger charge is -2.15. The minimum absolute atomic E-state index is 0.0357. The molecule has 0 fully saturated rings. The summed E-state index contributed by atoms with van der Waals surface area (Å²) in [7, 11) is -1.36. The average molecular weight is 284 g/mol. The molecule has 0 spiro atoms. The van der Waals surface area contributed by atoms with Crippen molar-refractivity contribution < 1.29 is 8.42 Å². The largest absolute Gasteiger partial charge is 0.316 e. The first-order chi connectivity index (χ1) is 9.00. The molecule has 0 bridgehead atoms. The van der Waals surface area contributed by atoms with Gasteiger partial charge in [0.25, 0.3) is 0 Å². The molecule has 5 heteroatoms. The summed E-state index contributed by atoms with van der Waals surface area (Å²) < 4.78 is 26.8. The predicted molar refractivity (Wildman–Crippen MR) is 79.3 cm³/mol. The van der Waals surface area contributed by atoms with Crippen molar-refractivity contribution in [1.29, 1.82) is 0 Å². The number of nitrogens with one attached hydrogen (secondary N) is 2. The third-order valence-electron chi connectivity index (χ3n) is 3.09. The molecule has 1 rings (SSSR count). The Morgan fingerprint density at radius 3 is 2.05 bits per heavy atom. The van der Waals surface area contributed by atoms with Gasteiger partial charge >= 0.3 is 0 Å². The molecule has 0 saturated heterocycles. The van der Waals surface area contributed by atoms with E-state index in [1.807, 2.05) is 45.2 Å². The second-order valence-electron chi connectivity index (χ2n) is 4.74. The van der Waals surface area contributed by atoms with E-state index in [-0.39, 0.29) is 11.8 Å². The van der Waals surface area contributed by atoms with E-state index >= 15 is 0 Å². The van der Waals surface area contributed by atoms with E-state index in [4.69, 9.17) is 0 Å². The van der Waals surface area contributed by atoms with Gasteiger partial charge in [0.05, 0.1) is 5.75 Å². The molecule has 0 aromatic heterocycles. The lowest BCUT2D eigenvalue weighted by molar-refractivity contribution is 0.529. The minimum Gasteiger partial charge on any atom is -0.316 e. The summed E-state index contributed by atoms with van der Waals surface area (Å²) in [6.45, 7) is 4.77. The first-order valence-corrected chi connectivity index (χ1v) is 8.38. The highest BCUT2D eigenvalue weighted by Gasteiger charge is 2.15. The van der Waals surface area contributed by atoms with Crippen molar-refractivity contribution in [1.82, 2.24) is 10.0 Å². The molecular formula is C14H24N2O2S. The van der Waals surface area contributed by atoms with Crippen molar-refractivity contribution in [2.24, 2.45) is 0 Å². The maximum Gasteiger partial charge on any atom is 0.216 e. The Balaban J connectivity index is 2.67. The number of rotatable bonds is 8. The highest BCUT2D eigenvalue weighted by molar-refractivity contribution is 7.88. The van der Waals surface area contributed by atoms with Gasteiger partial charge in [-0.1, -0.05) is 38.1 Å². The molecule has 0 unspecified atom stereocenters. The molecule has 4 nitrogen and oxygen atoms in total. The number of hydrogen-bond donors (Lipinski definition) is 2. The second kappa shape index (κ2) is 7.62. The highest BCUT2D eigenvalue weighted by Crippen LogP contribution is 2.09. The van der Waals surface area contributed by atoms with Crippen LogP contribution in [-0.2, 0) is 22.3 Å². The Morgan fingerprint density at radius 2 is 1.58 bits per heavy atom. The second-order valence-corrected chi connectivity index (χ2v) is 6.49. The molecule has 0 heterocycles. The van der Waals surface area contributed by atoms with Gasteiger partial charge in [-0.05, 0) is 31.0 Å². The predicted octanol–water partition coefficient (Wildman–Crippen LogP) is 2.01. The van der Waals surface area contributed by atoms with Crippen LogP contribution >= 0.6 is 0 Å². The van der Waals surface area contributed by atoms with E-state index in [1.54, 1.807) is 0 Å². The molecule has 0 saturated carbocycles. The zero-order valence-corrected chi connectivity index (χ0v) is 12.8. The van der Waals surface area contributed by atoms with E-state index in [2.05, 4.69) is 10.0 Å². The van der Waals surface area contributed by atoms with E-state index in [9.17, 15) is 8.42 Å². The standard InChI is InChI=1S/C14H24N2O2S/c1-4-14(5-2)16-19(17,18)11-13-8-6-12(7-9-13)10-15-3/h6-9,14-16H,4-5,10-11H2,1-3H3. The van der Waals surface area contributed by atoms with E-state index in [1.165, 1.54) is 0 Å². The van der Waals surface area contributed by atoms with Gasteiger partial charge in [-0.15, -0.1) is 0 Å². The Hall–Kier alpha value is -0.910. The Labute approximate surface area is 116 Å². The molecule has 0 atom stereocenters.